The van der Waals surface area contributed by atoms with Crippen LogP contribution < -0.4 is 16.0 Å². The Morgan fingerprint density at radius 1 is 1.12 bits per heavy atom. The first kappa shape index (κ1) is 24.7. The number of nitrogens with one attached hydrogen (secondary N) is 3. The second kappa shape index (κ2) is 11.3. The van der Waals surface area contributed by atoms with Gasteiger partial charge >= 0.3 is 5.97 Å². The maximum Gasteiger partial charge on any atom is 0.328 e. The summed E-state index contributed by atoms with van der Waals surface area (Å²) < 4.78 is 0. The van der Waals surface area contributed by atoms with Gasteiger partial charge in [-0.2, -0.15) is 0 Å². The summed E-state index contributed by atoms with van der Waals surface area (Å²) >= 11 is 5.98. The van der Waals surface area contributed by atoms with E-state index in [4.69, 9.17) is 11.6 Å². The third-order valence-electron chi connectivity index (χ3n) is 5.76. The predicted octanol–water partition coefficient (Wildman–Crippen LogP) is 1.59. The van der Waals surface area contributed by atoms with Crippen LogP contribution in [0.25, 0.3) is 0 Å². The lowest BCUT2D eigenvalue weighted by Crippen LogP contribution is -2.49. The van der Waals surface area contributed by atoms with Crippen molar-refractivity contribution >= 4 is 29.4 Å². The second-order valence-electron chi connectivity index (χ2n) is 8.23. The molecule has 1 heterocycles. The number of fused-ring (bicyclic) bond motifs is 1. The first-order chi connectivity index (χ1) is 15.7. The van der Waals surface area contributed by atoms with E-state index in [-0.39, 0.29) is 24.9 Å². The van der Waals surface area contributed by atoms with E-state index in [1.165, 1.54) is 12.5 Å². The van der Waals surface area contributed by atoms with E-state index in [0.717, 1.165) is 11.1 Å². The van der Waals surface area contributed by atoms with E-state index in [0.29, 0.717) is 18.0 Å². The maximum absolute atomic E-state index is 12.8. The summed E-state index contributed by atoms with van der Waals surface area (Å²) in [4.78, 5) is 36.7. The normalized spacial score (nSPS) is 17.8. The number of carbonyl (C=O) groups excluding carboxylic acids is 2. The largest absolute Gasteiger partial charge is 0.480 e. The molecule has 0 fully saturated rings. The molecule has 1 aliphatic rings. The molecule has 5 N–H and O–H groups in total. The fourth-order valence-corrected chi connectivity index (χ4v) is 4.00. The average Bonchev–Trinajstić information content (AvgIpc) is 2.79. The molecule has 176 valence electrons. The quantitative estimate of drug-likeness (QED) is 0.376. The molecule has 0 bridgehead atoms. The summed E-state index contributed by atoms with van der Waals surface area (Å²) in [7, 11) is 0. The summed E-state index contributed by atoms with van der Waals surface area (Å²) in [5.74, 6) is -2.44. The zero-order valence-electron chi connectivity index (χ0n) is 18.3. The number of benzene rings is 2. The fraction of sp³-hybridized carbons (Fsp3) is 0.375. The lowest BCUT2D eigenvalue weighted by molar-refractivity contribution is -0.144. The SMILES string of the molecule is CC(O)C(NC(=O)CC(CNC(=O)C1Cc2ccccc2CN1)c1ccc(Cl)cc1)C(=O)O. The number of hydrogen-bond donors (Lipinski definition) is 5. The second-order valence-corrected chi connectivity index (χ2v) is 8.66. The van der Waals surface area contributed by atoms with Crippen molar-refractivity contribution in [1.29, 1.82) is 0 Å². The Kier molecular flexibility index (Phi) is 8.43. The summed E-state index contributed by atoms with van der Waals surface area (Å²) in [5, 5.41) is 27.9. The molecular weight excluding hydrogens is 446 g/mol. The Labute approximate surface area is 197 Å². The molecule has 0 spiro atoms. The number of halogens is 1. The lowest BCUT2D eigenvalue weighted by atomic mass is 9.93. The highest BCUT2D eigenvalue weighted by Gasteiger charge is 2.28. The van der Waals surface area contributed by atoms with Gasteiger partial charge in [0, 0.05) is 30.5 Å². The molecule has 33 heavy (non-hydrogen) atoms. The van der Waals surface area contributed by atoms with Gasteiger partial charge < -0.3 is 26.2 Å². The zero-order valence-corrected chi connectivity index (χ0v) is 19.0. The van der Waals surface area contributed by atoms with Crippen molar-refractivity contribution in [2.24, 2.45) is 0 Å². The number of carboxylic acids is 1. The standard InChI is InChI=1S/C24H28ClN3O5/c1-14(29)22(24(32)33)28-21(30)11-18(15-6-8-19(25)9-7-15)13-27-23(31)20-10-16-4-2-3-5-17(16)12-26-20/h2-9,14,18,20,22,26,29H,10-13H2,1H3,(H,27,31)(H,28,30)(H,32,33). The number of aliphatic carboxylic acids is 1. The molecule has 0 aliphatic carbocycles. The minimum absolute atomic E-state index is 0.0701. The number of rotatable bonds is 9. The molecule has 1 aliphatic heterocycles. The van der Waals surface area contributed by atoms with Gasteiger partial charge in [0.05, 0.1) is 12.1 Å². The molecule has 9 heteroatoms. The van der Waals surface area contributed by atoms with Gasteiger partial charge in [-0.15, -0.1) is 0 Å². The summed E-state index contributed by atoms with van der Waals surface area (Å²) in [5.41, 5.74) is 3.08. The van der Waals surface area contributed by atoms with Gasteiger partial charge in [-0.25, -0.2) is 4.79 Å². The van der Waals surface area contributed by atoms with Gasteiger partial charge in [0.2, 0.25) is 11.8 Å². The lowest BCUT2D eigenvalue weighted by Gasteiger charge is -2.26. The van der Waals surface area contributed by atoms with Crippen LogP contribution in [-0.2, 0) is 27.3 Å². The van der Waals surface area contributed by atoms with Crippen molar-refractivity contribution in [2.45, 2.75) is 50.4 Å². The van der Waals surface area contributed by atoms with Gasteiger partial charge in [-0.1, -0.05) is 48.0 Å². The van der Waals surface area contributed by atoms with Gasteiger partial charge in [0.15, 0.2) is 6.04 Å². The Morgan fingerprint density at radius 3 is 2.42 bits per heavy atom. The molecule has 2 aromatic carbocycles. The number of hydrogen-bond acceptors (Lipinski definition) is 5. The van der Waals surface area contributed by atoms with E-state index in [1.807, 2.05) is 24.3 Å². The van der Waals surface area contributed by atoms with Crippen molar-refractivity contribution in [1.82, 2.24) is 16.0 Å². The van der Waals surface area contributed by atoms with Crippen LogP contribution in [0.15, 0.2) is 48.5 Å². The van der Waals surface area contributed by atoms with Crippen LogP contribution in [-0.4, -0.2) is 52.7 Å². The Morgan fingerprint density at radius 2 is 1.79 bits per heavy atom. The van der Waals surface area contributed by atoms with Gasteiger partial charge in [0.1, 0.15) is 0 Å². The van der Waals surface area contributed by atoms with Crippen LogP contribution >= 0.6 is 11.6 Å². The predicted molar refractivity (Wildman–Crippen MR) is 124 cm³/mol. The van der Waals surface area contributed by atoms with E-state index >= 15 is 0 Å². The minimum atomic E-state index is -1.41. The highest BCUT2D eigenvalue weighted by atomic mass is 35.5. The number of carbonyl (C=O) groups is 3. The first-order valence-electron chi connectivity index (χ1n) is 10.8. The molecule has 0 saturated carbocycles. The minimum Gasteiger partial charge on any atom is -0.480 e. The summed E-state index contributed by atoms with van der Waals surface area (Å²) in [6.07, 6.45) is -0.748. The molecular formula is C24H28ClN3O5. The van der Waals surface area contributed by atoms with Crippen molar-refractivity contribution in [3.8, 4) is 0 Å². The maximum atomic E-state index is 12.8. The molecule has 8 nitrogen and oxygen atoms in total. The topological polar surface area (TPSA) is 128 Å². The monoisotopic (exact) mass is 473 g/mol. The van der Waals surface area contributed by atoms with E-state index in [9.17, 15) is 24.6 Å². The molecule has 0 radical (unpaired) electrons. The molecule has 4 unspecified atom stereocenters. The van der Waals surface area contributed by atoms with Gasteiger partial charge in [-0.3, -0.25) is 9.59 Å². The number of aliphatic hydroxyl groups is 1. The number of amides is 2. The Bertz CT molecular complexity index is 996. The fourth-order valence-electron chi connectivity index (χ4n) is 3.87. The van der Waals surface area contributed by atoms with Crippen LogP contribution in [0, 0.1) is 0 Å². The smallest absolute Gasteiger partial charge is 0.328 e. The highest BCUT2D eigenvalue weighted by Crippen LogP contribution is 2.22. The summed E-state index contributed by atoms with van der Waals surface area (Å²) in [6, 6.07) is 13.1. The van der Waals surface area contributed by atoms with Gasteiger partial charge in [-0.05, 0) is 42.2 Å². The molecule has 2 amide bonds. The van der Waals surface area contributed by atoms with Crippen molar-refractivity contribution in [3.63, 3.8) is 0 Å². The van der Waals surface area contributed by atoms with Crippen LogP contribution in [0.1, 0.15) is 36.0 Å². The third kappa shape index (κ3) is 6.77. The van der Waals surface area contributed by atoms with E-state index in [1.54, 1.807) is 24.3 Å². The Balaban J connectivity index is 1.66. The third-order valence-corrected chi connectivity index (χ3v) is 6.01. The zero-order chi connectivity index (χ0) is 24.0. The molecule has 3 rings (SSSR count). The first-order valence-corrected chi connectivity index (χ1v) is 11.2. The molecule has 0 saturated heterocycles. The van der Waals surface area contributed by atoms with Crippen molar-refractivity contribution in [3.05, 3.63) is 70.2 Å². The average molecular weight is 474 g/mol. The Hall–Kier alpha value is -2.94. The molecule has 0 aromatic heterocycles. The summed E-state index contributed by atoms with van der Waals surface area (Å²) in [6.45, 7) is 2.08. The van der Waals surface area contributed by atoms with Crippen molar-refractivity contribution in [2.75, 3.05) is 6.54 Å². The van der Waals surface area contributed by atoms with E-state index < -0.39 is 29.9 Å². The molecule has 2 aromatic rings. The van der Waals surface area contributed by atoms with Crippen LogP contribution in [0.5, 0.6) is 0 Å². The van der Waals surface area contributed by atoms with Crippen LogP contribution in [0.3, 0.4) is 0 Å². The van der Waals surface area contributed by atoms with Crippen LogP contribution in [0.2, 0.25) is 5.02 Å². The van der Waals surface area contributed by atoms with E-state index in [2.05, 4.69) is 16.0 Å². The highest BCUT2D eigenvalue weighted by molar-refractivity contribution is 6.30. The number of carboxylic acid groups (broad SMARTS) is 1. The van der Waals surface area contributed by atoms with Crippen LogP contribution in [0.4, 0.5) is 0 Å². The van der Waals surface area contributed by atoms with Gasteiger partial charge in [0.25, 0.3) is 0 Å². The number of aliphatic hydroxyl groups excluding tert-OH is 1. The van der Waals surface area contributed by atoms with Crippen molar-refractivity contribution < 1.29 is 24.6 Å². The molecule has 4 atom stereocenters.